The van der Waals surface area contributed by atoms with Crippen LogP contribution in [0.4, 0.5) is 5.82 Å². The Balaban J connectivity index is 1.74. The zero-order valence-electron chi connectivity index (χ0n) is 18.6. The van der Waals surface area contributed by atoms with Crippen LogP contribution in [0.25, 0.3) is 11.2 Å². The molecule has 2 aromatic rings. The van der Waals surface area contributed by atoms with Crippen molar-refractivity contribution in [2.24, 2.45) is 16.7 Å². The highest BCUT2D eigenvalue weighted by molar-refractivity contribution is 5.81. The summed E-state index contributed by atoms with van der Waals surface area (Å²) in [7, 11) is 0. The van der Waals surface area contributed by atoms with E-state index in [0.717, 1.165) is 6.42 Å². The third-order valence-electron chi connectivity index (χ3n) is 8.98. The zero-order valence-corrected chi connectivity index (χ0v) is 18.6. The standard InChI is InChI=1S/C20H28N6O7/c1-17(2)10-4-5-18(17,3)19(29,6-10)20(14(28)13(27)11(33-20)7-32-26(30)31)25-9-24-12-15(21)22-8-23-16(12)25/h8-11,13-14,27-29H,4-7H2,1-3H3,(H2,21,22,23)/t10?,11-,13-,14-,18?,19?,20+/m1/s1. The average Bonchev–Trinajstić information content (AvgIpc) is 3.40. The van der Waals surface area contributed by atoms with Crippen molar-refractivity contribution in [3.05, 3.63) is 22.8 Å². The van der Waals surface area contributed by atoms with E-state index in [0.29, 0.717) is 6.42 Å². The van der Waals surface area contributed by atoms with Crippen molar-refractivity contribution in [3.8, 4) is 0 Å². The van der Waals surface area contributed by atoms with Gasteiger partial charge in [0.15, 0.2) is 11.5 Å². The molecule has 1 aliphatic heterocycles. The fourth-order valence-corrected chi connectivity index (χ4v) is 6.73. The van der Waals surface area contributed by atoms with Crippen LogP contribution in [-0.2, 0) is 15.3 Å². The molecule has 3 heterocycles. The number of aromatic nitrogens is 4. The number of aliphatic hydroxyl groups is 3. The maximum absolute atomic E-state index is 12.5. The van der Waals surface area contributed by atoms with E-state index >= 15 is 0 Å². The Morgan fingerprint density at radius 1 is 1.33 bits per heavy atom. The monoisotopic (exact) mass is 464 g/mol. The summed E-state index contributed by atoms with van der Waals surface area (Å²) < 4.78 is 7.65. The fourth-order valence-electron chi connectivity index (χ4n) is 6.73. The average molecular weight is 464 g/mol. The Bertz CT molecular complexity index is 1130. The van der Waals surface area contributed by atoms with Gasteiger partial charge in [0, 0.05) is 5.41 Å². The van der Waals surface area contributed by atoms with Crippen molar-refractivity contribution in [2.45, 2.75) is 69.7 Å². The first-order valence-corrected chi connectivity index (χ1v) is 10.9. The molecule has 2 aromatic heterocycles. The van der Waals surface area contributed by atoms with Crippen molar-refractivity contribution >= 4 is 17.0 Å². The number of nitrogens with zero attached hydrogens (tertiary/aromatic N) is 5. The molecule has 0 spiro atoms. The number of hydrogen-bond acceptors (Lipinski definition) is 11. The van der Waals surface area contributed by atoms with Gasteiger partial charge in [0.05, 0.1) is 6.33 Å². The summed E-state index contributed by atoms with van der Waals surface area (Å²) in [5, 5.41) is 44.7. The number of anilines is 1. The molecule has 1 saturated heterocycles. The van der Waals surface area contributed by atoms with Gasteiger partial charge in [-0.2, -0.15) is 0 Å². The molecule has 3 fully saturated rings. The lowest BCUT2D eigenvalue weighted by Gasteiger charge is -2.55. The summed E-state index contributed by atoms with van der Waals surface area (Å²) in [6, 6.07) is 0. The van der Waals surface area contributed by atoms with Crippen LogP contribution in [0.5, 0.6) is 0 Å². The van der Waals surface area contributed by atoms with Gasteiger partial charge in [-0.1, -0.05) is 20.8 Å². The lowest BCUT2D eigenvalue weighted by molar-refractivity contribution is -0.759. The van der Waals surface area contributed by atoms with Gasteiger partial charge in [-0.25, -0.2) is 15.0 Å². The van der Waals surface area contributed by atoms with Crippen LogP contribution >= 0.6 is 0 Å². The number of aliphatic hydroxyl groups excluding tert-OH is 2. The van der Waals surface area contributed by atoms with E-state index < -0.39 is 46.7 Å². The predicted molar refractivity (Wildman–Crippen MR) is 112 cm³/mol. The van der Waals surface area contributed by atoms with E-state index in [1.165, 1.54) is 17.2 Å². The molecule has 5 rings (SSSR count). The van der Waals surface area contributed by atoms with Gasteiger partial charge >= 0.3 is 0 Å². The second kappa shape index (κ2) is 6.72. The minimum absolute atomic E-state index is 0.0987. The highest BCUT2D eigenvalue weighted by atomic mass is 17.0. The van der Waals surface area contributed by atoms with Crippen LogP contribution in [0.3, 0.4) is 0 Å². The van der Waals surface area contributed by atoms with Gasteiger partial charge < -0.3 is 30.6 Å². The largest absolute Gasteiger partial charge is 0.387 e. The molecule has 0 aromatic carbocycles. The summed E-state index contributed by atoms with van der Waals surface area (Å²) in [4.78, 5) is 27.7. The number of nitrogens with two attached hydrogens (primary N) is 1. The fraction of sp³-hybridized carbons (Fsp3) is 0.750. The summed E-state index contributed by atoms with van der Waals surface area (Å²) >= 11 is 0. The molecule has 0 radical (unpaired) electrons. The first-order valence-electron chi connectivity index (χ1n) is 10.9. The second-order valence-electron chi connectivity index (χ2n) is 10.2. The number of imidazole rings is 1. The quantitative estimate of drug-likeness (QED) is 0.343. The minimum Gasteiger partial charge on any atom is -0.387 e. The highest BCUT2D eigenvalue weighted by Crippen LogP contribution is 2.74. The van der Waals surface area contributed by atoms with Crippen molar-refractivity contribution in [3.63, 3.8) is 0 Å². The summed E-state index contributed by atoms with van der Waals surface area (Å²) in [5.74, 6) is 0.225. The Labute approximate surface area is 188 Å². The van der Waals surface area contributed by atoms with Gasteiger partial charge in [-0.05, 0) is 30.6 Å². The number of rotatable bonds is 5. The lowest BCUT2D eigenvalue weighted by atomic mass is 9.60. The zero-order chi connectivity index (χ0) is 24.0. The minimum atomic E-state index is -1.96. The highest BCUT2D eigenvalue weighted by Gasteiger charge is 2.80. The van der Waals surface area contributed by atoms with E-state index in [1.54, 1.807) is 0 Å². The second-order valence-corrected chi connectivity index (χ2v) is 10.2. The van der Waals surface area contributed by atoms with Crippen molar-refractivity contribution in [1.29, 1.82) is 0 Å². The summed E-state index contributed by atoms with van der Waals surface area (Å²) in [5.41, 5.74) is 1.69. The molecular formula is C20H28N6O7. The van der Waals surface area contributed by atoms with Gasteiger partial charge in [0.2, 0.25) is 5.72 Å². The first-order chi connectivity index (χ1) is 15.4. The molecule has 2 saturated carbocycles. The molecule has 3 aliphatic rings. The molecule has 13 heteroatoms. The molecule has 2 bridgehead atoms. The van der Waals surface area contributed by atoms with E-state index in [1.807, 2.05) is 6.92 Å². The molecule has 2 aliphatic carbocycles. The number of nitrogen functional groups attached to an aromatic ring is 1. The Morgan fingerprint density at radius 3 is 2.67 bits per heavy atom. The molecule has 180 valence electrons. The van der Waals surface area contributed by atoms with E-state index in [9.17, 15) is 25.4 Å². The van der Waals surface area contributed by atoms with Crippen LogP contribution in [0.2, 0.25) is 0 Å². The predicted octanol–water partition coefficient (Wildman–Crippen LogP) is -0.0325. The normalized spacial score (nSPS) is 41.6. The van der Waals surface area contributed by atoms with Crippen LogP contribution in [0.15, 0.2) is 12.7 Å². The summed E-state index contributed by atoms with van der Waals surface area (Å²) in [6.07, 6.45) is -0.155. The lowest BCUT2D eigenvalue weighted by Crippen LogP contribution is -2.68. The number of ether oxygens (including phenoxy) is 1. The van der Waals surface area contributed by atoms with Crippen LogP contribution in [0.1, 0.15) is 40.0 Å². The molecule has 0 amide bonds. The van der Waals surface area contributed by atoms with E-state index in [4.69, 9.17) is 10.5 Å². The summed E-state index contributed by atoms with van der Waals surface area (Å²) in [6.45, 7) is 5.48. The maximum atomic E-state index is 12.5. The Hall–Kier alpha value is -2.61. The molecule has 3 unspecified atom stereocenters. The first kappa shape index (κ1) is 22.2. The van der Waals surface area contributed by atoms with E-state index in [-0.39, 0.29) is 34.7 Å². The van der Waals surface area contributed by atoms with Gasteiger partial charge in [-0.15, -0.1) is 10.1 Å². The number of hydrogen-bond donors (Lipinski definition) is 4. The van der Waals surface area contributed by atoms with Crippen LogP contribution in [0, 0.1) is 26.9 Å². The van der Waals surface area contributed by atoms with Crippen molar-refractivity contribution in [1.82, 2.24) is 19.5 Å². The molecule has 33 heavy (non-hydrogen) atoms. The van der Waals surface area contributed by atoms with Crippen LogP contribution in [-0.4, -0.2) is 70.4 Å². The molecular weight excluding hydrogens is 436 g/mol. The van der Waals surface area contributed by atoms with E-state index in [2.05, 4.69) is 33.6 Å². The molecule has 13 nitrogen and oxygen atoms in total. The van der Waals surface area contributed by atoms with Crippen LogP contribution < -0.4 is 5.73 Å². The van der Waals surface area contributed by atoms with Gasteiger partial charge in [0.25, 0.3) is 5.09 Å². The Morgan fingerprint density at radius 2 is 2.06 bits per heavy atom. The molecule has 7 atom stereocenters. The number of fused-ring (bicyclic) bond motifs is 3. The third-order valence-corrected chi connectivity index (χ3v) is 8.98. The van der Waals surface area contributed by atoms with Crippen molar-refractivity contribution < 1.29 is 30.0 Å². The van der Waals surface area contributed by atoms with Gasteiger partial charge in [-0.3, -0.25) is 4.57 Å². The van der Waals surface area contributed by atoms with Gasteiger partial charge in [0.1, 0.15) is 42.4 Å². The molecule has 5 N–H and O–H groups in total. The smallest absolute Gasteiger partial charge is 0.294 e. The van der Waals surface area contributed by atoms with Crippen molar-refractivity contribution in [2.75, 3.05) is 12.3 Å². The topological polar surface area (TPSA) is 192 Å². The SMILES string of the molecule is CC1(C)C2CCC1(C)C(O)([C@@]1(n3cnc4c(N)ncnc43)O[C@H](CO[N+](=O)[O-])[C@@H](O)[C@H]1O)C2. The maximum Gasteiger partial charge on any atom is 0.294 e. The Kier molecular flexibility index (Phi) is 4.52. The third kappa shape index (κ3) is 2.47.